The predicted octanol–water partition coefficient (Wildman–Crippen LogP) is 5.19. The van der Waals surface area contributed by atoms with E-state index in [2.05, 4.69) is 36.5 Å². The zero-order valence-corrected chi connectivity index (χ0v) is 16.0. The molecule has 3 aromatic rings. The largest absolute Gasteiger partial charge is 0.508 e. The highest BCUT2D eigenvalue weighted by atomic mass is 32.1. The molecule has 0 fully saturated rings. The maximum absolute atomic E-state index is 9.54. The molecule has 0 bridgehead atoms. The number of aryl methyl sites for hydroxylation is 1. The second-order valence-electron chi connectivity index (χ2n) is 6.07. The number of phenols is 1. The average molecular weight is 369 g/mol. The highest BCUT2D eigenvalue weighted by molar-refractivity contribution is 7.15. The van der Waals surface area contributed by atoms with Crippen molar-refractivity contribution >= 4 is 17.2 Å². The van der Waals surface area contributed by atoms with Crippen LogP contribution >= 0.6 is 11.3 Å². The average Bonchev–Trinajstić information content (AvgIpc) is 3.15. The lowest BCUT2D eigenvalue weighted by molar-refractivity contribution is 0.198. The van der Waals surface area contributed by atoms with Crippen LogP contribution in [-0.2, 0) is 11.2 Å². The molecule has 0 amide bonds. The summed E-state index contributed by atoms with van der Waals surface area (Å²) in [6.45, 7) is 3.71. The monoisotopic (exact) mass is 368 g/mol. The number of hydrogen-bond donors (Lipinski definition) is 2. The summed E-state index contributed by atoms with van der Waals surface area (Å²) in [5, 5.41) is 12.9. The molecule has 0 unspecified atom stereocenters. The van der Waals surface area contributed by atoms with Crippen molar-refractivity contribution in [3.05, 3.63) is 53.4 Å². The van der Waals surface area contributed by atoms with Crippen LogP contribution in [0.3, 0.4) is 0 Å². The first-order valence-corrected chi connectivity index (χ1v) is 9.64. The van der Waals surface area contributed by atoms with Crippen LogP contribution in [0, 0.1) is 0 Å². The molecule has 0 spiro atoms. The Morgan fingerprint density at radius 3 is 2.58 bits per heavy atom. The number of hydrogen-bond acceptors (Lipinski definition) is 5. The van der Waals surface area contributed by atoms with E-state index >= 15 is 0 Å². The van der Waals surface area contributed by atoms with Crippen molar-refractivity contribution in [2.75, 3.05) is 25.6 Å². The number of aromatic hydroxyl groups is 1. The summed E-state index contributed by atoms with van der Waals surface area (Å²) in [4.78, 5) is 7.37. The normalized spacial score (nSPS) is 10.8. The summed E-state index contributed by atoms with van der Waals surface area (Å²) in [7, 11) is 1.71. The molecular weight excluding hydrogens is 344 g/mol. The SMILES string of the molecule is CCc1ccc(-c2cc(NCCCOC)nc(-c3ccc(O)cc3)c2)s1. The number of methoxy groups -OCH3 is 1. The van der Waals surface area contributed by atoms with Crippen LogP contribution < -0.4 is 5.32 Å². The van der Waals surface area contributed by atoms with E-state index in [9.17, 15) is 5.11 Å². The Morgan fingerprint density at radius 1 is 1.08 bits per heavy atom. The number of nitrogens with zero attached hydrogens (tertiary/aromatic N) is 1. The van der Waals surface area contributed by atoms with E-state index in [1.54, 1.807) is 19.2 Å². The van der Waals surface area contributed by atoms with Gasteiger partial charge in [-0.3, -0.25) is 0 Å². The Kier molecular flexibility index (Phi) is 6.26. The molecule has 0 atom stereocenters. The van der Waals surface area contributed by atoms with E-state index in [1.165, 1.54) is 9.75 Å². The number of pyridine rings is 1. The summed E-state index contributed by atoms with van der Waals surface area (Å²) >= 11 is 1.82. The number of nitrogens with one attached hydrogen (secondary N) is 1. The first kappa shape index (κ1) is 18.4. The number of ether oxygens (including phenoxy) is 1. The van der Waals surface area contributed by atoms with E-state index < -0.39 is 0 Å². The van der Waals surface area contributed by atoms with Gasteiger partial charge in [-0.1, -0.05) is 6.92 Å². The van der Waals surface area contributed by atoms with Gasteiger partial charge in [-0.2, -0.15) is 0 Å². The van der Waals surface area contributed by atoms with Crippen molar-refractivity contribution < 1.29 is 9.84 Å². The first-order chi connectivity index (χ1) is 12.7. The Hall–Kier alpha value is -2.37. The van der Waals surface area contributed by atoms with Gasteiger partial charge in [0.25, 0.3) is 0 Å². The van der Waals surface area contributed by atoms with Gasteiger partial charge in [0.2, 0.25) is 0 Å². The molecule has 136 valence electrons. The molecular formula is C21H24N2O2S. The standard InChI is InChI=1S/C21H24N2O2S/c1-3-18-9-10-20(26-18)16-13-19(15-5-7-17(24)8-6-15)23-21(14-16)22-11-4-12-25-2/h5-10,13-14,24H,3-4,11-12H2,1-2H3,(H,22,23). The third kappa shape index (κ3) is 4.62. The topological polar surface area (TPSA) is 54.4 Å². The maximum Gasteiger partial charge on any atom is 0.127 e. The zero-order chi connectivity index (χ0) is 18.4. The molecule has 0 radical (unpaired) electrons. The molecule has 2 heterocycles. The second-order valence-corrected chi connectivity index (χ2v) is 7.23. The highest BCUT2D eigenvalue weighted by Gasteiger charge is 2.09. The molecule has 5 heteroatoms. The summed E-state index contributed by atoms with van der Waals surface area (Å²) < 4.78 is 5.11. The van der Waals surface area contributed by atoms with Gasteiger partial charge < -0.3 is 15.2 Å². The van der Waals surface area contributed by atoms with E-state index in [4.69, 9.17) is 9.72 Å². The predicted molar refractivity (Wildman–Crippen MR) is 109 cm³/mol. The van der Waals surface area contributed by atoms with Crippen LogP contribution in [0.25, 0.3) is 21.7 Å². The summed E-state index contributed by atoms with van der Waals surface area (Å²) in [6.07, 6.45) is 1.97. The van der Waals surface area contributed by atoms with Crippen molar-refractivity contribution in [3.63, 3.8) is 0 Å². The Labute approximate surface area is 158 Å². The fourth-order valence-electron chi connectivity index (χ4n) is 2.70. The van der Waals surface area contributed by atoms with Crippen LogP contribution in [0.1, 0.15) is 18.2 Å². The molecule has 2 N–H and O–H groups in total. The van der Waals surface area contributed by atoms with Gasteiger partial charge in [-0.05, 0) is 66.9 Å². The Morgan fingerprint density at radius 2 is 1.88 bits per heavy atom. The Bertz CT molecular complexity index is 843. The van der Waals surface area contributed by atoms with Gasteiger partial charge >= 0.3 is 0 Å². The lowest BCUT2D eigenvalue weighted by atomic mass is 10.1. The molecule has 4 nitrogen and oxygen atoms in total. The van der Waals surface area contributed by atoms with Gasteiger partial charge in [0.15, 0.2) is 0 Å². The van der Waals surface area contributed by atoms with E-state index in [0.717, 1.165) is 48.6 Å². The highest BCUT2D eigenvalue weighted by Crippen LogP contribution is 2.33. The number of phenolic OH excluding ortho intramolecular Hbond substituents is 1. The first-order valence-electron chi connectivity index (χ1n) is 8.83. The number of aromatic nitrogens is 1. The smallest absolute Gasteiger partial charge is 0.127 e. The van der Waals surface area contributed by atoms with Crippen LogP contribution in [-0.4, -0.2) is 30.4 Å². The van der Waals surface area contributed by atoms with Crippen molar-refractivity contribution in [1.82, 2.24) is 4.98 Å². The minimum absolute atomic E-state index is 0.258. The molecule has 0 saturated carbocycles. The number of thiophene rings is 1. The maximum atomic E-state index is 9.54. The van der Waals surface area contributed by atoms with Crippen molar-refractivity contribution in [3.8, 4) is 27.4 Å². The molecule has 1 aromatic carbocycles. The molecule has 3 rings (SSSR count). The minimum atomic E-state index is 0.258. The lowest BCUT2D eigenvalue weighted by Gasteiger charge is -2.11. The third-order valence-corrected chi connectivity index (χ3v) is 5.39. The minimum Gasteiger partial charge on any atom is -0.508 e. The van der Waals surface area contributed by atoms with Crippen LogP contribution in [0.5, 0.6) is 5.75 Å². The lowest BCUT2D eigenvalue weighted by Crippen LogP contribution is -2.06. The fraction of sp³-hybridized carbons (Fsp3) is 0.286. The summed E-state index contributed by atoms with van der Waals surface area (Å²) in [6, 6.07) is 15.7. The van der Waals surface area contributed by atoms with Gasteiger partial charge in [0, 0.05) is 35.6 Å². The number of anilines is 1. The molecule has 26 heavy (non-hydrogen) atoms. The van der Waals surface area contributed by atoms with Crippen molar-refractivity contribution in [2.24, 2.45) is 0 Å². The summed E-state index contributed by atoms with van der Waals surface area (Å²) in [5.41, 5.74) is 3.03. The molecule has 2 aromatic heterocycles. The van der Waals surface area contributed by atoms with Gasteiger partial charge in [-0.25, -0.2) is 4.98 Å². The van der Waals surface area contributed by atoms with Gasteiger partial charge in [-0.15, -0.1) is 11.3 Å². The quantitative estimate of drug-likeness (QED) is 0.537. The van der Waals surface area contributed by atoms with Crippen LogP contribution in [0.15, 0.2) is 48.5 Å². The molecule has 0 aliphatic rings. The molecule has 0 aliphatic carbocycles. The second kappa shape index (κ2) is 8.83. The van der Waals surface area contributed by atoms with Gasteiger partial charge in [0.1, 0.15) is 11.6 Å². The van der Waals surface area contributed by atoms with Crippen molar-refractivity contribution in [1.29, 1.82) is 0 Å². The number of rotatable bonds is 8. The fourth-order valence-corrected chi connectivity index (χ4v) is 3.63. The van der Waals surface area contributed by atoms with E-state index in [0.29, 0.717) is 0 Å². The zero-order valence-electron chi connectivity index (χ0n) is 15.2. The third-order valence-electron chi connectivity index (χ3n) is 4.11. The Balaban J connectivity index is 1.94. The molecule has 0 aliphatic heterocycles. The number of benzene rings is 1. The van der Waals surface area contributed by atoms with E-state index in [1.807, 2.05) is 23.5 Å². The van der Waals surface area contributed by atoms with Crippen molar-refractivity contribution in [2.45, 2.75) is 19.8 Å². The summed E-state index contributed by atoms with van der Waals surface area (Å²) in [5.74, 6) is 1.11. The van der Waals surface area contributed by atoms with Crippen LogP contribution in [0.2, 0.25) is 0 Å². The molecule has 0 saturated heterocycles. The van der Waals surface area contributed by atoms with Gasteiger partial charge in [0.05, 0.1) is 5.69 Å². The van der Waals surface area contributed by atoms with Crippen LogP contribution in [0.4, 0.5) is 5.82 Å². The van der Waals surface area contributed by atoms with E-state index in [-0.39, 0.29) is 5.75 Å².